The van der Waals surface area contributed by atoms with Gasteiger partial charge in [-0.05, 0) is 72.0 Å². The summed E-state index contributed by atoms with van der Waals surface area (Å²) in [5, 5.41) is 3.81. The maximum Gasteiger partial charge on any atom is 0.0685 e. The molecular weight excluding hydrogens is 248 g/mol. The summed E-state index contributed by atoms with van der Waals surface area (Å²) in [7, 11) is 4.46. The van der Waals surface area contributed by atoms with Crippen molar-refractivity contribution >= 4 is 0 Å². The van der Waals surface area contributed by atoms with Gasteiger partial charge in [-0.1, -0.05) is 13.8 Å². The number of likely N-dealkylation sites (N-methyl/N-ethyl adjacent to an activating group) is 2. The fourth-order valence-electron chi connectivity index (χ4n) is 4.20. The number of hydrogen-bond donors (Lipinski definition) is 1. The second kappa shape index (κ2) is 6.33. The summed E-state index contributed by atoms with van der Waals surface area (Å²) in [6.07, 6.45) is 7.58. The van der Waals surface area contributed by atoms with Gasteiger partial charge in [-0.3, -0.25) is 0 Å². The van der Waals surface area contributed by atoms with Crippen LogP contribution in [0.4, 0.5) is 0 Å². The predicted octanol–water partition coefficient (Wildman–Crippen LogP) is 3.04. The summed E-state index contributed by atoms with van der Waals surface area (Å²) in [4.78, 5) is 2.42. The zero-order valence-corrected chi connectivity index (χ0v) is 14.2. The van der Waals surface area contributed by atoms with E-state index in [2.05, 4.69) is 45.1 Å². The maximum absolute atomic E-state index is 6.13. The van der Waals surface area contributed by atoms with E-state index in [0.717, 1.165) is 19.1 Å². The molecule has 1 saturated carbocycles. The highest BCUT2D eigenvalue weighted by Crippen LogP contribution is 2.46. The lowest BCUT2D eigenvalue weighted by atomic mass is 9.67. The Morgan fingerprint density at radius 3 is 2.50 bits per heavy atom. The largest absolute Gasteiger partial charge is 0.375 e. The Labute approximate surface area is 125 Å². The lowest BCUT2D eigenvalue weighted by Gasteiger charge is -2.53. The van der Waals surface area contributed by atoms with E-state index in [0.29, 0.717) is 6.04 Å². The third kappa shape index (κ3) is 2.90. The molecule has 0 aromatic heterocycles. The summed E-state index contributed by atoms with van der Waals surface area (Å²) in [6, 6.07) is 0.564. The van der Waals surface area contributed by atoms with Crippen molar-refractivity contribution in [3.05, 3.63) is 0 Å². The Morgan fingerprint density at radius 1 is 1.35 bits per heavy atom. The molecule has 3 atom stereocenters. The van der Waals surface area contributed by atoms with Crippen molar-refractivity contribution in [3.63, 3.8) is 0 Å². The molecular formula is C17H34N2O. The fourth-order valence-corrected chi connectivity index (χ4v) is 4.20. The van der Waals surface area contributed by atoms with Crippen molar-refractivity contribution in [2.45, 2.75) is 76.5 Å². The summed E-state index contributed by atoms with van der Waals surface area (Å²) >= 11 is 0. The summed E-state index contributed by atoms with van der Waals surface area (Å²) in [6.45, 7) is 8.99. The maximum atomic E-state index is 6.13. The van der Waals surface area contributed by atoms with Gasteiger partial charge < -0.3 is 15.0 Å². The Balaban J connectivity index is 2.14. The van der Waals surface area contributed by atoms with Crippen LogP contribution in [0.2, 0.25) is 0 Å². The molecule has 2 fully saturated rings. The van der Waals surface area contributed by atoms with Crippen molar-refractivity contribution in [1.82, 2.24) is 10.2 Å². The van der Waals surface area contributed by atoms with Crippen LogP contribution in [0.5, 0.6) is 0 Å². The van der Waals surface area contributed by atoms with E-state index in [1.807, 2.05) is 0 Å². The lowest BCUT2D eigenvalue weighted by molar-refractivity contribution is -0.152. The average Bonchev–Trinajstić information content (AvgIpc) is 2.42. The number of nitrogens with one attached hydrogen (secondary N) is 1. The Bertz CT molecular complexity index is 314. The van der Waals surface area contributed by atoms with Gasteiger partial charge in [-0.25, -0.2) is 0 Å². The van der Waals surface area contributed by atoms with Gasteiger partial charge in [0.1, 0.15) is 0 Å². The van der Waals surface area contributed by atoms with E-state index >= 15 is 0 Å². The molecule has 3 nitrogen and oxygen atoms in total. The second-order valence-corrected chi connectivity index (χ2v) is 7.28. The fraction of sp³-hybridized carbons (Fsp3) is 1.00. The monoisotopic (exact) mass is 282 g/mol. The minimum absolute atomic E-state index is 0.225. The highest BCUT2D eigenvalue weighted by Gasteiger charge is 2.48. The van der Waals surface area contributed by atoms with Crippen LogP contribution in [-0.2, 0) is 4.74 Å². The Kier molecular flexibility index (Phi) is 5.14. The van der Waals surface area contributed by atoms with Gasteiger partial charge in [-0.2, -0.15) is 0 Å². The Hall–Kier alpha value is -0.120. The van der Waals surface area contributed by atoms with Gasteiger partial charge in [0.05, 0.1) is 5.60 Å². The van der Waals surface area contributed by atoms with Gasteiger partial charge in [0.25, 0.3) is 0 Å². The molecule has 0 aromatic carbocycles. The highest BCUT2D eigenvalue weighted by atomic mass is 16.5. The molecule has 1 saturated heterocycles. The Morgan fingerprint density at radius 2 is 2.05 bits per heavy atom. The molecule has 118 valence electrons. The standard InChI is InChI=1S/C17H34N2O/c1-6-16(3,19(4)5)15(18-7-2)14-9-12-20-17(13-14)10-8-11-17/h14-15,18H,6-13H2,1-5H3. The predicted molar refractivity (Wildman–Crippen MR) is 85.1 cm³/mol. The third-order valence-corrected chi connectivity index (χ3v) is 6.10. The molecule has 0 aromatic rings. The molecule has 20 heavy (non-hydrogen) atoms. The van der Waals surface area contributed by atoms with Crippen molar-refractivity contribution in [1.29, 1.82) is 0 Å². The van der Waals surface area contributed by atoms with Gasteiger partial charge in [0.2, 0.25) is 0 Å². The highest BCUT2D eigenvalue weighted by molar-refractivity contribution is 5.03. The number of ether oxygens (including phenoxy) is 1. The molecule has 0 bridgehead atoms. The first-order chi connectivity index (χ1) is 9.47. The molecule has 0 radical (unpaired) electrons. The van der Waals surface area contributed by atoms with Crippen molar-refractivity contribution in [2.75, 3.05) is 27.2 Å². The quantitative estimate of drug-likeness (QED) is 0.810. The average molecular weight is 282 g/mol. The van der Waals surface area contributed by atoms with Crippen LogP contribution in [-0.4, -0.2) is 49.3 Å². The van der Waals surface area contributed by atoms with Crippen LogP contribution in [0.25, 0.3) is 0 Å². The van der Waals surface area contributed by atoms with Gasteiger partial charge in [0, 0.05) is 18.2 Å². The smallest absolute Gasteiger partial charge is 0.0685 e. The summed E-state index contributed by atoms with van der Waals surface area (Å²) in [5.74, 6) is 0.747. The van der Waals surface area contributed by atoms with E-state index < -0.39 is 0 Å². The van der Waals surface area contributed by atoms with Crippen LogP contribution >= 0.6 is 0 Å². The second-order valence-electron chi connectivity index (χ2n) is 7.28. The van der Waals surface area contributed by atoms with E-state index in [1.54, 1.807) is 0 Å². The first kappa shape index (κ1) is 16.3. The van der Waals surface area contributed by atoms with Crippen LogP contribution < -0.4 is 5.32 Å². The molecule has 1 heterocycles. The normalized spacial score (nSPS) is 30.0. The molecule has 1 aliphatic carbocycles. The molecule has 1 N–H and O–H groups in total. The van der Waals surface area contributed by atoms with Crippen molar-refractivity contribution in [2.24, 2.45) is 5.92 Å². The van der Waals surface area contributed by atoms with E-state index in [1.165, 1.54) is 38.5 Å². The SMILES string of the molecule is CCNC(C1CCOC2(CCC2)C1)C(C)(CC)N(C)C. The zero-order valence-electron chi connectivity index (χ0n) is 14.2. The topological polar surface area (TPSA) is 24.5 Å². The molecule has 1 spiro atoms. The van der Waals surface area contributed by atoms with E-state index in [9.17, 15) is 0 Å². The molecule has 0 amide bonds. The van der Waals surface area contributed by atoms with Crippen LogP contribution in [0.3, 0.4) is 0 Å². The molecule has 3 heteroatoms. The van der Waals surface area contributed by atoms with Crippen LogP contribution in [0.1, 0.15) is 59.3 Å². The molecule has 3 unspecified atom stereocenters. The molecule has 1 aliphatic heterocycles. The van der Waals surface area contributed by atoms with E-state index in [-0.39, 0.29) is 11.1 Å². The van der Waals surface area contributed by atoms with E-state index in [4.69, 9.17) is 4.74 Å². The van der Waals surface area contributed by atoms with Crippen molar-refractivity contribution < 1.29 is 4.74 Å². The molecule has 2 aliphatic rings. The van der Waals surface area contributed by atoms with Gasteiger partial charge in [-0.15, -0.1) is 0 Å². The minimum atomic E-state index is 0.225. The van der Waals surface area contributed by atoms with Gasteiger partial charge in [0.15, 0.2) is 0 Å². The first-order valence-corrected chi connectivity index (χ1v) is 8.52. The third-order valence-electron chi connectivity index (χ3n) is 6.10. The zero-order chi connectivity index (χ0) is 14.8. The lowest BCUT2D eigenvalue weighted by Crippen LogP contribution is -2.62. The minimum Gasteiger partial charge on any atom is -0.375 e. The number of rotatable bonds is 6. The molecule has 2 rings (SSSR count). The number of nitrogens with zero attached hydrogens (tertiary/aromatic N) is 1. The van der Waals surface area contributed by atoms with Crippen LogP contribution in [0, 0.1) is 5.92 Å². The van der Waals surface area contributed by atoms with Gasteiger partial charge >= 0.3 is 0 Å². The summed E-state index contributed by atoms with van der Waals surface area (Å²) in [5.41, 5.74) is 0.473. The van der Waals surface area contributed by atoms with Crippen molar-refractivity contribution in [3.8, 4) is 0 Å². The number of hydrogen-bond acceptors (Lipinski definition) is 3. The summed E-state index contributed by atoms with van der Waals surface area (Å²) < 4.78 is 6.13. The van der Waals surface area contributed by atoms with Crippen LogP contribution in [0.15, 0.2) is 0 Å². The first-order valence-electron chi connectivity index (χ1n) is 8.52.